The van der Waals surface area contributed by atoms with E-state index in [1.807, 2.05) is 48.9 Å². The SMILES string of the molecule is CCC(C)NC(=O)CCSc1nnc(-c2ccccc2)n1C. The molecule has 1 aromatic heterocycles. The Morgan fingerprint density at radius 3 is 2.73 bits per heavy atom. The van der Waals surface area contributed by atoms with Crippen molar-refractivity contribution in [2.75, 3.05) is 5.75 Å². The van der Waals surface area contributed by atoms with Gasteiger partial charge >= 0.3 is 0 Å². The van der Waals surface area contributed by atoms with Crippen LogP contribution in [0.15, 0.2) is 35.5 Å². The monoisotopic (exact) mass is 318 g/mol. The molecule has 0 radical (unpaired) electrons. The molecule has 0 saturated carbocycles. The first-order valence-electron chi connectivity index (χ1n) is 7.48. The molecule has 0 aliphatic rings. The van der Waals surface area contributed by atoms with Crippen molar-refractivity contribution in [3.63, 3.8) is 0 Å². The van der Waals surface area contributed by atoms with Crippen molar-refractivity contribution in [2.24, 2.45) is 7.05 Å². The van der Waals surface area contributed by atoms with E-state index in [-0.39, 0.29) is 11.9 Å². The van der Waals surface area contributed by atoms with Crippen molar-refractivity contribution in [3.8, 4) is 11.4 Å². The number of hydrogen-bond donors (Lipinski definition) is 1. The van der Waals surface area contributed by atoms with Gasteiger partial charge in [-0.15, -0.1) is 10.2 Å². The smallest absolute Gasteiger partial charge is 0.221 e. The molecule has 1 amide bonds. The third-order valence-corrected chi connectivity index (χ3v) is 4.47. The summed E-state index contributed by atoms with van der Waals surface area (Å²) in [6.45, 7) is 4.07. The minimum atomic E-state index is 0.0901. The Labute approximate surface area is 135 Å². The molecule has 5 nitrogen and oxygen atoms in total. The van der Waals surface area contributed by atoms with E-state index >= 15 is 0 Å². The maximum absolute atomic E-state index is 11.7. The molecule has 0 spiro atoms. The molecular weight excluding hydrogens is 296 g/mol. The molecule has 1 atom stereocenters. The van der Waals surface area contributed by atoms with Crippen molar-refractivity contribution in [1.82, 2.24) is 20.1 Å². The van der Waals surface area contributed by atoms with Crippen LogP contribution in [-0.4, -0.2) is 32.5 Å². The number of benzene rings is 1. The highest BCUT2D eigenvalue weighted by Crippen LogP contribution is 2.22. The zero-order valence-electron chi connectivity index (χ0n) is 13.2. The van der Waals surface area contributed by atoms with E-state index in [0.717, 1.165) is 23.0 Å². The Morgan fingerprint density at radius 1 is 1.32 bits per heavy atom. The maximum Gasteiger partial charge on any atom is 0.221 e. The van der Waals surface area contributed by atoms with Crippen molar-refractivity contribution >= 4 is 17.7 Å². The van der Waals surface area contributed by atoms with E-state index in [9.17, 15) is 4.79 Å². The average molecular weight is 318 g/mol. The van der Waals surface area contributed by atoms with Gasteiger partial charge in [0, 0.05) is 30.8 Å². The minimum absolute atomic E-state index is 0.0901. The second-order valence-corrected chi connectivity index (χ2v) is 6.27. The Balaban J connectivity index is 1.90. The normalized spacial score (nSPS) is 12.1. The van der Waals surface area contributed by atoms with E-state index in [1.54, 1.807) is 11.8 Å². The first kappa shape index (κ1) is 16.5. The summed E-state index contributed by atoms with van der Waals surface area (Å²) in [6.07, 6.45) is 1.44. The van der Waals surface area contributed by atoms with Crippen LogP contribution in [0.25, 0.3) is 11.4 Å². The van der Waals surface area contributed by atoms with Gasteiger partial charge in [-0.1, -0.05) is 49.0 Å². The molecule has 1 N–H and O–H groups in total. The molecule has 0 aliphatic heterocycles. The number of rotatable bonds is 7. The molecule has 0 saturated heterocycles. The van der Waals surface area contributed by atoms with Crippen LogP contribution >= 0.6 is 11.8 Å². The standard InChI is InChI=1S/C16H22N4OS/c1-4-12(2)17-14(21)10-11-22-16-19-18-15(20(16)3)13-8-6-5-7-9-13/h5-9,12H,4,10-11H2,1-3H3,(H,17,21). The van der Waals surface area contributed by atoms with Crippen LogP contribution < -0.4 is 5.32 Å². The summed E-state index contributed by atoms with van der Waals surface area (Å²) < 4.78 is 1.96. The molecule has 0 bridgehead atoms. The van der Waals surface area contributed by atoms with E-state index in [0.29, 0.717) is 12.2 Å². The fourth-order valence-electron chi connectivity index (χ4n) is 1.96. The Hall–Kier alpha value is -1.82. The highest BCUT2D eigenvalue weighted by molar-refractivity contribution is 7.99. The highest BCUT2D eigenvalue weighted by Gasteiger charge is 2.12. The first-order chi connectivity index (χ1) is 10.6. The van der Waals surface area contributed by atoms with Gasteiger partial charge in [-0.3, -0.25) is 4.79 Å². The summed E-state index contributed by atoms with van der Waals surface area (Å²) >= 11 is 1.55. The van der Waals surface area contributed by atoms with Crippen molar-refractivity contribution in [1.29, 1.82) is 0 Å². The molecule has 1 aromatic carbocycles. The third kappa shape index (κ3) is 4.34. The van der Waals surface area contributed by atoms with Gasteiger partial charge in [0.2, 0.25) is 5.91 Å². The lowest BCUT2D eigenvalue weighted by Crippen LogP contribution is -2.32. The van der Waals surface area contributed by atoms with Crippen molar-refractivity contribution in [3.05, 3.63) is 30.3 Å². The zero-order valence-corrected chi connectivity index (χ0v) is 14.1. The number of nitrogens with zero attached hydrogens (tertiary/aromatic N) is 3. The van der Waals surface area contributed by atoms with Gasteiger partial charge in [0.15, 0.2) is 11.0 Å². The fourth-order valence-corrected chi connectivity index (χ4v) is 2.81. The van der Waals surface area contributed by atoms with E-state index in [4.69, 9.17) is 0 Å². The summed E-state index contributed by atoms with van der Waals surface area (Å²) in [5.41, 5.74) is 1.04. The summed E-state index contributed by atoms with van der Waals surface area (Å²) in [5, 5.41) is 12.2. The molecule has 118 valence electrons. The van der Waals surface area contributed by atoms with Crippen LogP contribution in [0.4, 0.5) is 0 Å². The molecule has 1 heterocycles. The van der Waals surface area contributed by atoms with Gasteiger partial charge in [-0.05, 0) is 13.3 Å². The molecule has 1 unspecified atom stereocenters. The van der Waals surface area contributed by atoms with E-state index in [2.05, 4.69) is 22.4 Å². The molecule has 0 fully saturated rings. The van der Waals surface area contributed by atoms with Crippen LogP contribution in [-0.2, 0) is 11.8 Å². The molecule has 22 heavy (non-hydrogen) atoms. The summed E-state index contributed by atoms with van der Waals surface area (Å²) in [7, 11) is 1.95. The van der Waals surface area contributed by atoms with Gasteiger partial charge in [0.25, 0.3) is 0 Å². The molecule has 2 rings (SSSR count). The zero-order chi connectivity index (χ0) is 15.9. The number of amides is 1. The second kappa shape index (κ2) is 7.98. The lowest BCUT2D eigenvalue weighted by Gasteiger charge is -2.10. The third-order valence-electron chi connectivity index (χ3n) is 3.45. The number of nitrogens with one attached hydrogen (secondary N) is 1. The molecule has 0 aliphatic carbocycles. The Morgan fingerprint density at radius 2 is 2.05 bits per heavy atom. The topological polar surface area (TPSA) is 59.8 Å². The molecule has 6 heteroatoms. The summed E-state index contributed by atoms with van der Waals surface area (Å²) in [6, 6.07) is 10.2. The van der Waals surface area contributed by atoms with Gasteiger partial charge in [-0.25, -0.2) is 0 Å². The molecule has 2 aromatic rings. The largest absolute Gasteiger partial charge is 0.354 e. The Kier molecular flexibility index (Phi) is 6.00. The molecular formula is C16H22N4OS. The highest BCUT2D eigenvalue weighted by atomic mass is 32.2. The van der Waals surface area contributed by atoms with Gasteiger partial charge in [-0.2, -0.15) is 0 Å². The van der Waals surface area contributed by atoms with Crippen LogP contribution in [0.1, 0.15) is 26.7 Å². The quantitative estimate of drug-likeness (QED) is 0.798. The first-order valence-corrected chi connectivity index (χ1v) is 8.47. The minimum Gasteiger partial charge on any atom is -0.354 e. The number of hydrogen-bond acceptors (Lipinski definition) is 4. The number of carbonyl (C=O) groups is 1. The number of thioether (sulfide) groups is 1. The van der Waals surface area contributed by atoms with Crippen LogP contribution in [0.2, 0.25) is 0 Å². The van der Waals surface area contributed by atoms with Crippen LogP contribution in [0, 0.1) is 0 Å². The van der Waals surface area contributed by atoms with E-state index in [1.165, 1.54) is 0 Å². The van der Waals surface area contributed by atoms with E-state index < -0.39 is 0 Å². The predicted molar refractivity (Wildman–Crippen MR) is 89.7 cm³/mol. The van der Waals surface area contributed by atoms with Gasteiger partial charge in [0.1, 0.15) is 0 Å². The summed E-state index contributed by atoms with van der Waals surface area (Å²) in [5.74, 6) is 1.63. The number of carbonyl (C=O) groups excluding carboxylic acids is 1. The lowest BCUT2D eigenvalue weighted by molar-refractivity contribution is -0.121. The predicted octanol–water partition coefficient (Wildman–Crippen LogP) is 2.88. The van der Waals surface area contributed by atoms with Crippen LogP contribution in [0.3, 0.4) is 0 Å². The second-order valence-electron chi connectivity index (χ2n) is 5.21. The number of aromatic nitrogens is 3. The fraction of sp³-hybridized carbons (Fsp3) is 0.438. The van der Waals surface area contributed by atoms with Crippen molar-refractivity contribution < 1.29 is 4.79 Å². The average Bonchev–Trinajstić information content (AvgIpc) is 2.89. The Bertz CT molecular complexity index is 612. The van der Waals surface area contributed by atoms with Crippen molar-refractivity contribution in [2.45, 2.75) is 37.9 Å². The van der Waals surface area contributed by atoms with Gasteiger partial charge < -0.3 is 9.88 Å². The lowest BCUT2D eigenvalue weighted by atomic mass is 10.2. The summed E-state index contributed by atoms with van der Waals surface area (Å²) in [4.78, 5) is 11.7. The van der Waals surface area contributed by atoms with Gasteiger partial charge in [0.05, 0.1) is 0 Å². The van der Waals surface area contributed by atoms with Crippen LogP contribution in [0.5, 0.6) is 0 Å². The maximum atomic E-state index is 11.7.